The highest BCUT2D eigenvalue weighted by molar-refractivity contribution is 9.10. The van der Waals surface area contributed by atoms with Gasteiger partial charge >= 0.3 is 0 Å². The average Bonchev–Trinajstić information content (AvgIpc) is 2.33. The van der Waals surface area contributed by atoms with Crippen molar-refractivity contribution in [3.05, 3.63) is 58.6 Å². The minimum Gasteiger partial charge on any atom is -0.385 e. The minimum absolute atomic E-state index is 0.463. The van der Waals surface area contributed by atoms with E-state index in [0.29, 0.717) is 12.2 Å². The fourth-order valence-corrected chi connectivity index (χ4v) is 1.68. The van der Waals surface area contributed by atoms with Gasteiger partial charge in [-0.3, -0.25) is 0 Å². The largest absolute Gasteiger partial charge is 0.385 e. The van der Waals surface area contributed by atoms with Gasteiger partial charge in [0.15, 0.2) is 5.82 Å². The van der Waals surface area contributed by atoms with E-state index < -0.39 is 6.10 Å². The van der Waals surface area contributed by atoms with Gasteiger partial charge in [0.05, 0.1) is 0 Å². The molecule has 1 aromatic carbocycles. The summed E-state index contributed by atoms with van der Waals surface area (Å²) < 4.78 is 1.03. The van der Waals surface area contributed by atoms with Crippen molar-refractivity contribution in [3.63, 3.8) is 0 Å². The van der Waals surface area contributed by atoms with Crippen molar-refractivity contribution in [2.45, 2.75) is 12.5 Å². The Hall–Kier alpha value is -1.26. The summed E-state index contributed by atoms with van der Waals surface area (Å²) in [7, 11) is 0. The molecule has 0 radical (unpaired) electrons. The first-order valence-corrected chi connectivity index (χ1v) is 5.74. The zero-order valence-corrected chi connectivity index (χ0v) is 10.1. The highest BCUT2D eigenvalue weighted by atomic mass is 79.9. The van der Waals surface area contributed by atoms with Crippen molar-refractivity contribution in [1.82, 2.24) is 9.97 Å². The van der Waals surface area contributed by atoms with Crippen LogP contribution in [0.15, 0.2) is 47.2 Å². The fourth-order valence-electron chi connectivity index (χ4n) is 1.42. The summed E-state index contributed by atoms with van der Waals surface area (Å²) in [6.07, 6.45) is 3.14. The van der Waals surface area contributed by atoms with E-state index >= 15 is 0 Å². The molecule has 4 heteroatoms. The monoisotopic (exact) mass is 278 g/mol. The summed E-state index contributed by atoms with van der Waals surface area (Å²) in [6, 6.07) is 9.57. The fraction of sp³-hybridized carbons (Fsp3) is 0.167. The number of nitrogens with zero attached hydrogens (tertiary/aromatic N) is 2. The number of aliphatic hydroxyl groups is 1. The highest BCUT2D eigenvalue weighted by Gasteiger charge is 2.10. The number of halogens is 1. The summed E-state index contributed by atoms with van der Waals surface area (Å²) in [4.78, 5) is 8.04. The number of hydrogen-bond acceptors (Lipinski definition) is 3. The number of benzene rings is 1. The minimum atomic E-state index is -0.651. The number of aliphatic hydroxyl groups excluding tert-OH is 1. The lowest BCUT2D eigenvalue weighted by Gasteiger charge is -2.08. The van der Waals surface area contributed by atoms with E-state index in [1.54, 1.807) is 18.5 Å². The van der Waals surface area contributed by atoms with E-state index in [1.165, 1.54) is 0 Å². The number of hydrogen-bond donors (Lipinski definition) is 1. The van der Waals surface area contributed by atoms with Gasteiger partial charge in [0.1, 0.15) is 6.10 Å². The maximum atomic E-state index is 9.91. The van der Waals surface area contributed by atoms with Crippen LogP contribution in [0.25, 0.3) is 0 Å². The van der Waals surface area contributed by atoms with Crippen LogP contribution in [-0.4, -0.2) is 15.1 Å². The van der Waals surface area contributed by atoms with E-state index in [9.17, 15) is 5.11 Å². The van der Waals surface area contributed by atoms with Gasteiger partial charge in [-0.25, -0.2) is 9.97 Å². The smallest absolute Gasteiger partial charge is 0.157 e. The van der Waals surface area contributed by atoms with Crippen molar-refractivity contribution in [3.8, 4) is 0 Å². The molecule has 1 N–H and O–H groups in total. The SMILES string of the molecule is OC(Cc1ccc(Br)cc1)c1ncccn1. The molecule has 3 nitrogen and oxygen atoms in total. The number of rotatable bonds is 3. The molecule has 1 heterocycles. The zero-order valence-electron chi connectivity index (χ0n) is 8.55. The van der Waals surface area contributed by atoms with Gasteiger partial charge in [-0.1, -0.05) is 28.1 Å². The van der Waals surface area contributed by atoms with Crippen molar-refractivity contribution >= 4 is 15.9 Å². The molecule has 0 aliphatic carbocycles. The Morgan fingerprint density at radius 3 is 2.38 bits per heavy atom. The maximum absolute atomic E-state index is 9.91. The first-order chi connectivity index (χ1) is 7.75. The molecule has 0 saturated carbocycles. The molecule has 0 amide bonds. The van der Waals surface area contributed by atoms with Gasteiger partial charge in [0, 0.05) is 23.3 Å². The average molecular weight is 279 g/mol. The first-order valence-electron chi connectivity index (χ1n) is 4.95. The molecule has 1 aromatic heterocycles. The Bertz CT molecular complexity index is 444. The highest BCUT2D eigenvalue weighted by Crippen LogP contribution is 2.16. The molecule has 0 saturated heterocycles. The number of aromatic nitrogens is 2. The Kier molecular flexibility index (Phi) is 3.64. The van der Waals surface area contributed by atoms with Crippen molar-refractivity contribution in [2.75, 3.05) is 0 Å². The molecule has 0 aliphatic rings. The van der Waals surface area contributed by atoms with E-state index in [-0.39, 0.29) is 0 Å². The lowest BCUT2D eigenvalue weighted by atomic mass is 10.1. The summed E-state index contributed by atoms with van der Waals surface area (Å²) >= 11 is 3.37. The van der Waals surface area contributed by atoms with Crippen LogP contribution in [-0.2, 0) is 6.42 Å². The van der Waals surface area contributed by atoms with Crippen LogP contribution < -0.4 is 0 Å². The molecule has 0 aliphatic heterocycles. The van der Waals surface area contributed by atoms with E-state index in [2.05, 4.69) is 25.9 Å². The standard InChI is InChI=1S/C12H11BrN2O/c13-10-4-2-9(3-5-10)8-11(16)12-14-6-1-7-15-12/h1-7,11,16H,8H2. The van der Waals surface area contributed by atoms with Gasteiger partial charge < -0.3 is 5.11 Å². The van der Waals surface area contributed by atoms with E-state index in [0.717, 1.165) is 10.0 Å². The van der Waals surface area contributed by atoms with Crippen LogP contribution in [0.3, 0.4) is 0 Å². The Balaban J connectivity index is 2.08. The van der Waals surface area contributed by atoms with Crippen LogP contribution >= 0.6 is 15.9 Å². The Labute approximate surface area is 102 Å². The molecule has 0 fully saturated rings. The van der Waals surface area contributed by atoms with Crippen LogP contribution in [0, 0.1) is 0 Å². The molecular formula is C12H11BrN2O. The molecule has 16 heavy (non-hydrogen) atoms. The van der Waals surface area contributed by atoms with Gasteiger partial charge in [0.25, 0.3) is 0 Å². The summed E-state index contributed by atoms with van der Waals surface area (Å²) in [5.41, 5.74) is 1.06. The van der Waals surface area contributed by atoms with Crippen LogP contribution in [0.4, 0.5) is 0 Å². The van der Waals surface area contributed by atoms with E-state index in [1.807, 2.05) is 24.3 Å². The first kappa shape index (κ1) is 11.2. The zero-order chi connectivity index (χ0) is 11.4. The molecule has 0 bridgehead atoms. The van der Waals surface area contributed by atoms with Crippen molar-refractivity contribution in [2.24, 2.45) is 0 Å². The predicted octanol–water partition coefficient (Wildman–Crippen LogP) is 2.52. The second-order valence-electron chi connectivity index (χ2n) is 3.45. The van der Waals surface area contributed by atoms with Crippen LogP contribution in [0.2, 0.25) is 0 Å². The van der Waals surface area contributed by atoms with Crippen LogP contribution in [0.5, 0.6) is 0 Å². The summed E-state index contributed by atoms with van der Waals surface area (Å²) in [6.45, 7) is 0. The molecule has 82 valence electrons. The second kappa shape index (κ2) is 5.18. The Morgan fingerprint density at radius 2 is 1.75 bits per heavy atom. The van der Waals surface area contributed by atoms with Crippen molar-refractivity contribution in [1.29, 1.82) is 0 Å². The van der Waals surface area contributed by atoms with Gasteiger partial charge in [-0.15, -0.1) is 0 Å². The maximum Gasteiger partial charge on any atom is 0.157 e. The molecule has 1 unspecified atom stereocenters. The van der Waals surface area contributed by atoms with Gasteiger partial charge in [0.2, 0.25) is 0 Å². The molecule has 2 aromatic rings. The lowest BCUT2D eigenvalue weighted by molar-refractivity contribution is 0.168. The Morgan fingerprint density at radius 1 is 1.12 bits per heavy atom. The second-order valence-corrected chi connectivity index (χ2v) is 4.37. The van der Waals surface area contributed by atoms with Crippen molar-refractivity contribution < 1.29 is 5.11 Å². The molecular weight excluding hydrogens is 268 g/mol. The normalized spacial score (nSPS) is 12.4. The topological polar surface area (TPSA) is 46.0 Å². The summed E-state index contributed by atoms with van der Waals surface area (Å²) in [5, 5.41) is 9.91. The third kappa shape index (κ3) is 2.87. The van der Waals surface area contributed by atoms with Gasteiger partial charge in [-0.05, 0) is 23.8 Å². The quantitative estimate of drug-likeness (QED) is 0.939. The summed E-state index contributed by atoms with van der Waals surface area (Å²) in [5.74, 6) is 0.463. The molecule has 1 atom stereocenters. The van der Waals surface area contributed by atoms with E-state index in [4.69, 9.17) is 0 Å². The third-order valence-corrected chi connectivity index (χ3v) is 2.75. The molecule has 0 spiro atoms. The molecule has 2 rings (SSSR count). The predicted molar refractivity (Wildman–Crippen MR) is 64.8 cm³/mol. The van der Waals surface area contributed by atoms with Gasteiger partial charge in [-0.2, -0.15) is 0 Å². The third-order valence-electron chi connectivity index (χ3n) is 2.23. The van der Waals surface area contributed by atoms with Crippen LogP contribution in [0.1, 0.15) is 17.5 Å². The lowest BCUT2D eigenvalue weighted by Crippen LogP contribution is -2.06.